The first-order valence-corrected chi connectivity index (χ1v) is 5.54. The van der Waals surface area contributed by atoms with Crippen LogP contribution >= 0.6 is 0 Å². The normalized spacial score (nSPS) is 9.30. The maximum absolute atomic E-state index is 10.6. The number of rotatable bonds is 5. The Morgan fingerprint density at radius 3 is 2.15 bits per heavy atom. The van der Waals surface area contributed by atoms with Gasteiger partial charge in [0, 0.05) is 19.4 Å². The molecule has 1 aromatic heterocycles. The quantitative estimate of drug-likeness (QED) is 0.611. The molecule has 1 heterocycles. The molecule has 0 saturated heterocycles. The van der Waals surface area contributed by atoms with Crippen molar-refractivity contribution in [2.75, 3.05) is 13.2 Å². The third-order valence-corrected chi connectivity index (χ3v) is 1.95. The highest BCUT2D eigenvalue weighted by Gasteiger charge is 2.29. The lowest BCUT2D eigenvalue weighted by Crippen LogP contribution is -2.11. The molecular formula is C11H14N2O7. The molecule has 0 aromatic carbocycles. The zero-order valence-electron chi connectivity index (χ0n) is 10.9. The van der Waals surface area contributed by atoms with Gasteiger partial charge in [0.05, 0.1) is 4.92 Å². The van der Waals surface area contributed by atoms with Gasteiger partial charge in [-0.2, -0.15) is 0 Å². The summed E-state index contributed by atoms with van der Waals surface area (Å²) in [6.07, 6.45) is 0.889. The molecule has 0 radical (unpaired) electrons. The molecule has 110 valence electrons. The number of carbonyl (C=O) groups is 2. The van der Waals surface area contributed by atoms with Crippen molar-refractivity contribution in [1.82, 2.24) is 4.98 Å². The SMILES string of the molecule is CCOCC.O=C(O)c1ccnc(C(=O)O)c1[N+](=O)[O-]. The second-order valence-corrected chi connectivity index (χ2v) is 3.20. The Morgan fingerprint density at radius 2 is 1.85 bits per heavy atom. The number of ether oxygens (including phenoxy) is 1. The van der Waals surface area contributed by atoms with E-state index in [0.29, 0.717) is 0 Å². The lowest BCUT2D eigenvalue weighted by atomic mass is 10.2. The van der Waals surface area contributed by atoms with Crippen LogP contribution in [0.3, 0.4) is 0 Å². The number of aromatic nitrogens is 1. The lowest BCUT2D eigenvalue weighted by Gasteiger charge is -1.99. The number of nitro groups is 1. The largest absolute Gasteiger partial charge is 0.477 e. The summed E-state index contributed by atoms with van der Waals surface area (Å²) in [6.45, 7) is 5.67. The predicted octanol–water partition coefficient (Wildman–Crippen LogP) is 1.43. The van der Waals surface area contributed by atoms with Crippen LogP contribution in [0.25, 0.3) is 0 Å². The van der Waals surface area contributed by atoms with Crippen LogP contribution in [0.2, 0.25) is 0 Å². The minimum Gasteiger partial charge on any atom is -0.477 e. The van der Waals surface area contributed by atoms with Gasteiger partial charge in [0.25, 0.3) is 0 Å². The van der Waals surface area contributed by atoms with E-state index in [9.17, 15) is 19.7 Å². The summed E-state index contributed by atoms with van der Waals surface area (Å²) < 4.78 is 4.83. The number of aromatic carboxylic acids is 2. The van der Waals surface area contributed by atoms with Crippen molar-refractivity contribution >= 4 is 17.6 Å². The summed E-state index contributed by atoms with van der Waals surface area (Å²) in [5.41, 5.74) is -2.61. The molecule has 0 amide bonds. The molecule has 1 rings (SSSR count). The second kappa shape index (κ2) is 8.53. The van der Waals surface area contributed by atoms with E-state index >= 15 is 0 Å². The number of carboxylic acids is 2. The van der Waals surface area contributed by atoms with Crippen molar-refractivity contribution in [2.45, 2.75) is 13.8 Å². The summed E-state index contributed by atoms with van der Waals surface area (Å²) in [5.74, 6) is -3.23. The Bertz CT molecular complexity index is 467. The van der Waals surface area contributed by atoms with E-state index in [1.54, 1.807) is 0 Å². The number of pyridine rings is 1. The van der Waals surface area contributed by atoms with Crippen molar-refractivity contribution in [3.05, 3.63) is 33.6 Å². The van der Waals surface area contributed by atoms with E-state index in [2.05, 4.69) is 4.98 Å². The van der Waals surface area contributed by atoms with Crippen LogP contribution in [-0.2, 0) is 4.74 Å². The van der Waals surface area contributed by atoms with Crippen molar-refractivity contribution in [1.29, 1.82) is 0 Å². The summed E-state index contributed by atoms with van der Waals surface area (Å²) in [5, 5.41) is 27.6. The summed E-state index contributed by atoms with van der Waals surface area (Å²) in [6, 6.07) is 0.868. The van der Waals surface area contributed by atoms with Crippen LogP contribution < -0.4 is 0 Å². The van der Waals surface area contributed by atoms with Gasteiger partial charge in [0.2, 0.25) is 5.69 Å². The number of carboxylic acid groups (broad SMARTS) is 2. The highest BCUT2D eigenvalue weighted by atomic mass is 16.6. The molecule has 0 saturated carbocycles. The summed E-state index contributed by atoms with van der Waals surface area (Å²) in [4.78, 5) is 33.8. The Morgan fingerprint density at radius 1 is 1.30 bits per heavy atom. The average Bonchev–Trinajstić information content (AvgIpc) is 2.39. The fourth-order valence-electron chi connectivity index (χ4n) is 1.17. The van der Waals surface area contributed by atoms with E-state index in [0.717, 1.165) is 25.5 Å². The molecule has 1 aromatic rings. The molecule has 0 fully saturated rings. The van der Waals surface area contributed by atoms with Crippen LogP contribution in [0.5, 0.6) is 0 Å². The van der Waals surface area contributed by atoms with Gasteiger partial charge in [-0.1, -0.05) is 0 Å². The summed E-state index contributed by atoms with van der Waals surface area (Å²) >= 11 is 0. The van der Waals surface area contributed by atoms with Gasteiger partial charge in [-0.25, -0.2) is 14.6 Å². The Balaban J connectivity index is 0.000000621. The van der Waals surface area contributed by atoms with Crippen LogP contribution in [0, 0.1) is 10.1 Å². The molecule has 0 aliphatic rings. The summed E-state index contributed by atoms with van der Waals surface area (Å²) in [7, 11) is 0. The lowest BCUT2D eigenvalue weighted by molar-refractivity contribution is -0.385. The molecular weight excluding hydrogens is 272 g/mol. The second-order valence-electron chi connectivity index (χ2n) is 3.20. The van der Waals surface area contributed by atoms with E-state index in [1.165, 1.54) is 0 Å². The molecule has 0 unspecified atom stereocenters. The zero-order chi connectivity index (χ0) is 15.7. The molecule has 9 nitrogen and oxygen atoms in total. The van der Waals surface area contributed by atoms with Crippen LogP contribution in [0.4, 0.5) is 5.69 Å². The first-order valence-electron chi connectivity index (χ1n) is 5.54. The first-order chi connectivity index (χ1) is 9.36. The highest BCUT2D eigenvalue weighted by Crippen LogP contribution is 2.21. The van der Waals surface area contributed by atoms with Crippen LogP contribution in [0.15, 0.2) is 12.3 Å². The van der Waals surface area contributed by atoms with Crippen molar-refractivity contribution < 1.29 is 29.5 Å². The Kier molecular flexibility index (Phi) is 7.45. The molecule has 2 N–H and O–H groups in total. The minimum absolute atomic E-state index is 0.701. The standard InChI is InChI=1S/C7H4N2O6.C4H10O/c10-6(11)3-1-2-8-4(7(12)13)5(3)9(14)15;1-3-5-4-2/h1-2H,(H,10,11)(H,12,13);3-4H2,1-2H3. The molecule has 0 aliphatic heterocycles. The highest BCUT2D eigenvalue weighted by molar-refractivity contribution is 5.99. The minimum atomic E-state index is -1.65. The van der Waals surface area contributed by atoms with E-state index in [4.69, 9.17) is 14.9 Å². The van der Waals surface area contributed by atoms with Crippen molar-refractivity contribution in [3.8, 4) is 0 Å². The maximum Gasteiger partial charge on any atom is 0.361 e. The maximum atomic E-state index is 10.6. The molecule has 0 spiro atoms. The van der Waals surface area contributed by atoms with Gasteiger partial charge in [0.1, 0.15) is 5.56 Å². The molecule has 0 bridgehead atoms. The monoisotopic (exact) mass is 286 g/mol. The zero-order valence-corrected chi connectivity index (χ0v) is 10.9. The van der Waals surface area contributed by atoms with E-state index in [1.807, 2.05) is 13.8 Å². The van der Waals surface area contributed by atoms with Gasteiger partial charge in [-0.05, 0) is 19.9 Å². The van der Waals surface area contributed by atoms with E-state index in [-0.39, 0.29) is 0 Å². The predicted molar refractivity (Wildman–Crippen MR) is 67.0 cm³/mol. The van der Waals surface area contributed by atoms with Gasteiger partial charge in [0.15, 0.2) is 0 Å². The fraction of sp³-hybridized carbons (Fsp3) is 0.364. The van der Waals surface area contributed by atoms with Crippen molar-refractivity contribution in [3.63, 3.8) is 0 Å². The molecule has 0 aliphatic carbocycles. The Hall–Kier alpha value is -2.55. The smallest absolute Gasteiger partial charge is 0.361 e. The number of hydrogen-bond acceptors (Lipinski definition) is 6. The molecule has 9 heteroatoms. The van der Waals surface area contributed by atoms with Gasteiger partial charge < -0.3 is 14.9 Å². The fourth-order valence-corrected chi connectivity index (χ4v) is 1.17. The van der Waals surface area contributed by atoms with Crippen molar-refractivity contribution in [2.24, 2.45) is 0 Å². The first kappa shape index (κ1) is 17.4. The third kappa shape index (κ3) is 4.98. The van der Waals surface area contributed by atoms with Crippen LogP contribution in [0.1, 0.15) is 34.7 Å². The number of hydrogen-bond donors (Lipinski definition) is 2. The number of nitrogens with zero attached hydrogens (tertiary/aromatic N) is 2. The average molecular weight is 286 g/mol. The third-order valence-electron chi connectivity index (χ3n) is 1.95. The van der Waals surface area contributed by atoms with Gasteiger partial charge in [-0.3, -0.25) is 10.1 Å². The van der Waals surface area contributed by atoms with Gasteiger partial charge >= 0.3 is 17.6 Å². The van der Waals surface area contributed by atoms with Crippen LogP contribution in [-0.4, -0.2) is 45.3 Å². The van der Waals surface area contributed by atoms with E-state index < -0.39 is 33.8 Å². The Labute approximate surface area is 114 Å². The van der Waals surface area contributed by atoms with Gasteiger partial charge in [-0.15, -0.1) is 0 Å². The topological polar surface area (TPSA) is 140 Å². The molecule has 20 heavy (non-hydrogen) atoms. The molecule has 0 atom stereocenters.